The number of aromatic nitrogens is 6. The van der Waals surface area contributed by atoms with E-state index in [1.165, 1.54) is 10.9 Å². The zero-order valence-corrected chi connectivity index (χ0v) is 20.7. The van der Waals surface area contributed by atoms with Crippen LogP contribution in [0.25, 0.3) is 33.4 Å². The number of aliphatic hydroxyl groups excluding tert-OH is 1. The summed E-state index contributed by atoms with van der Waals surface area (Å²) in [5.41, 5.74) is 2.60. The average Bonchev–Trinajstić information content (AvgIpc) is 3.35. The van der Waals surface area contributed by atoms with Crippen molar-refractivity contribution in [1.29, 1.82) is 0 Å². The molecule has 192 valence electrons. The summed E-state index contributed by atoms with van der Waals surface area (Å²) < 4.78 is 8.38. The fraction of sp³-hybridized carbons (Fsp3) is 0.360. The summed E-state index contributed by atoms with van der Waals surface area (Å²) >= 11 is 0. The number of pyridine rings is 2. The number of anilines is 1. The third-order valence-electron chi connectivity index (χ3n) is 6.28. The number of nitrogens with zero attached hydrogens (tertiary/aromatic N) is 7. The molecule has 5 heterocycles. The lowest BCUT2D eigenvalue weighted by molar-refractivity contribution is -0.118. The maximum absolute atomic E-state index is 13.3. The van der Waals surface area contributed by atoms with Gasteiger partial charge < -0.3 is 15.2 Å². The first kappa shape index (κ1) is 24.7. The number of rotatable bonds is 7. The Labute approximate surface area is 212 Å². The van der Waals surface area contributed by atoms with Crippen molar-refractivity contribution in [2.75, 3.05) is 44.8 Å². The topological polar surface area (TPSA) is 140 Å². The van der Waals surface area contributed by atoms with Gasteiger partial charge in [-0.25, -0.2) is 15.0 Å². The number of carbonyl (C=O) groups excluding carboxylic acids is 1. The molecule has 1 saturated heterocycles. The predicted octanol–water partition coefficient (Wildman–Crippen LogP) is 1.08. The Morgan fingerprint density at radius 2 is 2.00 bits per heavy atom. The van der Waals surface area contributed by atoms with Crippen molar-refractivity contribution in [3.63, 3.8) is 0 Å². The van der Waals surface area contributed by atoms with Gasteiger partial charge in [0.05, 0.1) is 56.0 Å². The summed E-state index contributed by atoms with van der Waals surface area (Å²) in [6.07, 6.45) is 6.51. The quantitative estimate of drug-likeness (QED) is 0.378. The molecular weight excluding hydrogens is 476 g/mol. The van der Waals surface area contributed by atoms with Crippen molar-refractivity contribution in [3.8, 4) is 22.5 Å². The third-order valence-corrected chi connectivity index (χ3v) is 6.28. The van der Waals surface area contributed by atoms with Crippen LogP contribution in [0.3, 0.4) is 0 Å². The van der Waals surface area contributed by atoms with E-state index in [9.17, 15) is 14.7 Å². The van der Waals surface area contributed by atoms with Crippen LogP contribution in [0.4, 0.5) is 5.82 Å². The average molecular weight is 505 g/mol. The van der Waals surface area contributed by atoms with E-state index in [0.717, 1.165) is 13.1 Å². The van der Waals surface area contributed by atoms with Gasteiger partial charge in [-0.2, -0.15) is 5.10 Å². The number of hydrogen-bond acceptors (Lipinski definition) is 9. The summed E-state index contributed by atoms with van der Waals surface area (Å²) in [5.74, 6) is 0.283. The van der Waals surface area contributed by atoms with Gasteiger partial charge in [-0.3, -0.25) is 23.7 Å². The van der Waals surface area contributed by atoms with Gasteiger partial charge in [0.25, 0.3) is 5.56 Å². The highest BCUT2D eigenvalue weighted by atomic mass is 16.5. The highest BCUT2D eigenvalue weighted by molar-refractivity contribution is 5.94. The molecule has 0 saturated carbocycles. The summed E-state index contributed by atoms with van der Waals surface area (Å²) in [6.45, 7) is 4.52. The Bertz CT molecular complexity index is 1470. The van der Waals surface area contributed by atoms with Crippen molar-refractivity contribution < 1.29 is 14.6 Å². The minimum Gasteiger partial charge on any atom is -0.394 e. The summed E-state index contributed by atoms with van der Waals surface area (Å²) in [5, 5.41) is 17.0. The third kappa shape index (κ3) is 5.26. The Hall–Kier alpha value is -4.00. The van der Waals surface area contributed by atoms with E-state index in [4.69, 9.17) is 9.72 Å². The molecule has 1 aliphatic heterocycles. The monoisotopic (exact) mass is 504 g/mol. The Morgan fingerprint density at radius 1 is 1.19 bits per heavy atom. The normalized spacial score (nSPS) is 15.1. The second kappa shape index (κ2) is 10.5. The molecule has 4 aromatic rings. The van der Waals surface area contributed by atoms with Crippen LogP contribution in [-0.2, 0) is 16.6 Å². The Kier molecular flexibility index (Phi) is 7.04. The Balaban J connectivity index is 1.48. The van der Waals surface area contributed by atoms with E-state index < -0.39 is 6.04 Å². The lowest BCUT2D eigenvalue weighted by Crippen LogP contribution is -2.41. The van der Waals surface area contributed by atoms with Gasteiger partial charge in [0.2, 0.25) is 5.91 Å². The minimum absolute atomic E-state index is 0.144. The molecule has 1 aliphatic rings. The maximum atomic E-state index is 13.3. The van der Waals surface area contributed by atoms with Gasteiger partial charge in [0, 0.05) is 43.7 Å². The number of amides is 1. The van der Waals surface area contributed by atoms with Crippen LogP contribution in [0, 0.1) is 0 Å². The van der Waals surface area contributed by atoms with Crippen molar-refractivity contribution in [2.24, 2.45) is 7.05 Å². The van der Waals surface area contributed by atoms with Gasteiger partial charge >= 0.3 is 0 Å². The highest BCUT2D eigenvalue weighted by Crippen LogP contribution is 2.28. The van der Waals surface area contributed by atoms with Gasteiger partial charge in [-0.05, 0) is 25.1 Å². The van der Waals surface area contributed by atoms with Crippen LogP contribution in [0.1, 0.15) is 13.0 Å². The fourth-order valence-corrected chi connectivity index (χ4v) is 4.20. The minimum atomic E-state index is -0.426. The van der Waals surface area contributed by atoms with Crippen molar-refractivity contribution in [1.82, 2.24) is 34.2 Å². The summed E-state index contributed by atoms with van der Waals surface area (Å²) in [7, 11) is 1.80. The van der Waals surface area contributed by atoms with Gasteiger partial charge in [-0.1, -0.05) is 0 Å². The van der Waals surface area contributed by atoms with E-state index in [1.54, 1.807) is 55.4 Å². The molecule has 2 N–H and O–H groups in total. The molecule has 1 amide bonds. The number of ether oxygens (including phenoxy) is 1. The number of fused-ring (bicyclic) bond motifs is 1. The predicted molar refractivity (Wildman–Crippen MR) is 137 cm³/mol. The molecule has 4 aromatic heterocycles. The molecule has 5 rings (SSSR count). The van der Waals surface area contributed by atoms with Crippen LogP contribution >= 0.6 is 0 Å². The molecule has 0 bridgehead atoms. The molecule has 0 spiro atoms. The molecule has 0 aliphatic carbocycles. The molecule has 0 unspecified atom stereocenters. The van der Waals surface area contributed by atoms with Crippen LogP contribution in [0.15, 0.2) is 47.9 Å². The SMILES string of the molecule is C[C@@H](CO)n1cnc2c(-c3cnn(C)c3)nc(-c3ccc(NC(=O)CN4CCOCC4)nc3)cc2c1=O. The van der Waals surface area contributed by atoms with Crippen molar-refractivity contribution in [3.05, 3.63) is 53.5 Å². The van der Waals surface area contributed by atoms with Crippen LogP contribution in [0.2, 0.25) is 0 Å². The fourth-order valence-electron chi connectivity index (χ4n) is 4.20. The molecule has 1 fully saturated rings. The number of hydrogen-bond donors (Lipinski definition) is 2. The summed E-state index contributed by atoms with van der Waals surface area (Å²) in [4.78, 5) is 41.5. The molecule has 37 heavy (non-hydrogen) atoms. The number of carbonyl (C=O) groups is 1. The van der Waals surface area contributed by atoms with Crippen molar-refractivity contribution in [2.45, 2.75) is 13.0 Å². The first-order valence-electron chi connectivity index (χ1n) is 12.0. The lowest BCUT2D eigenvalue weighted by Gasteiger charge is -2.25. The standard InChI is InChI=1S/C25H28N8O4/c1-16(14-34)33-15-27-24-19(25(33)36)9-20(29-23(24)18-11-28-31(2)12-18)17-3-4-21(26-10-17)30-22(35)13-32-5-7-37-8-6-32/h3-4,9-12,15-16,34H,5-8,13-14H2,1-2H3,(H,26,30,35)/t16-/m0/s1. The smallest absolute Gasteiger partial charge is 0.261 e. The lowest BCUT2D eigenvalue weighted by atomic mass is 10.1. The van der Waals surface area contributed by atoms with E-state index >= 15 is 0 Å². The largest absolute Gasteiger partial charge is 0.394 e. The molecule has 0 radical (unpaired) electrons. The van der Waals surface area contributed by atoms with Crippen molar-refractivity contribution >= 4 is 22.6 Å². The molecule has 12 heteroatoms. The summed E-state index contributed by atoms with van der Waals surface area (Å²) in [6, 6.07) is 4.75. The van der Waals surface area contributed by atoms with Crippen LogP contribution in [-0.4, -0.2) is 84.7 Å². The second-order valence-electron chi connectivity index (χ2n) is 9.01. The van der Waals surface area contributed by atoms with Gasteiger partial charge in [0.1, 0.15) is 17.0 Å². The first-order valence-corrected chi connectivity index (χ1v) is 12.0. The van der Waals surface area contributed by atoms with Gasteiger partial charge in [0.15, 0.2) is 0 Å². The van der Waals surface area contributed by atoms with E-state index in [1.807, 2.05) is 4.90 Å². The molecular formula is C25H28N8O4. The number of aryl methyl sites for hydroxylation is 1. The Morgan fingerprint density at radius 3 is 2.68 bits per heavy atom. The van der Waals surface area contributed by atoms with Gasteiger partial charge in [-0.15, -0.1) is 0 Å². The van der Waals surface area contributed by atoms with Crippen LogP contribution in [0.5, 0.6) is 0 Å². The highest BCUT2D eigenvalue weighted by Gasteiger charge is 2.18. The number of aliphatic hydroxyl groups is 1. The molecule has 1 atom stereocenters. The van der Waals surface area contributed by atoms with Crippen LogP contribution < -0.4 is 10.9 Å². The number of morpholine rings is 1. The number of nitrogens with one attached hydrogen (secondary N) is 1. The maximum Gasteiger partial charge on any atom is 0.261 e. The van der Waals surface area contributed by atoms with E-state index in [2.05, 4.69) is 20.4 Å². The molecule has 0 aromatic carbocycles. The first-order chi connectivity index (χ1) is 17.9. The van der Waals surface area contributed by atoms with E-state index in [0.29, 0.717) is 52.4 Å². The van der Waals surface area contributed by atoms with E-state index in [-0.39, 0.29) is 24.6 Å². The second-order valence-corrected chi connectivity index (χ2v) is 9.01. The zero-order valence-electron chi connectivity index (χ0n) is 20.7. The zero-order chi connectivity index (χ0) is 25.9. The molecule has 12 nitrogen and oxygen atoms in total.